The Labute approximate surface area is 122 Å². The zero-order valence-electron chi connectivity index (χ0n) is 12.2. The van der Waals surface area contributed by atoms with Gasteiger partial charge in [0.1, 0.15) is 5.82 Å². The topological polar surface area (TPSA) is 55.2 Å². The van der Waals surface area contributed by atoms with Crippen LogP contribution in [-0.4, -0.2) is 4.92 Å². The van der Waals surface area contributed by atoms with Crippen LogP contribution in [0.2, 0.25) is 0 Å². The first kappa shape index (κ1) is 15.0. The average molecular weight is 288 g/mol. The van der Waals surface area contributed by atoms with E-state index < -0.39 is 0 Å². The molecular weight excluding hydrogens is 271 g/mol. The standard InChI is InChI=1S/C16H17FN2O2/c1-10-4-5-13(8-14(10)17)9-18-15-6-12(3)16(19(20)21)7-11(15)2/h4-8,18H,9H2,1-3H3. The number of nitrogens with one attached hydrogen (secondary N) is 1. The molecule has 0 spiro atoms. The normalized spacial score (nSPS) is 10.5. The molecule has 0 fully saturated rings. The minimum Gasteiger partial charge on any atom is -0.381 e. The fraction of sp³-hybridized carbons (Fsp3) is 0.250. The zero-order chi connectivity index (χ0) is 15.6. The summed E-state index contributed by atoms with van der Waals surface area (Å²) in [5.41, 5.74) is 3.76. The molecule has 4 nitrogen and oxygen atoms in total. The van der Waals surface area contributed by atoms with E-state index in [0.717, 1.165) is 16.8 Å². The maximum Gasteiger partial charge on any atom is 0.272 e. The quantitative estimate of drug-likeness (QED) is 0.675. The monoisotopic (exact) mass is 288 g/mol. The van der Waals surface area contributed by atoms with E-state index in [1.807, 2.05) is 13.0 Å². The Bertz CT molecular complexity index is 699. The largest absolute Gasteiger partial charge is 0.381 e. The van der Waals surface area contributed by atoms with Gasteiger partial charge in [0, 0.05) is 23.9 Å². The molecule has 0 radical (unpaired) electrons. The highest BCUT2D eigenvalue weighted by atomic mass is 19.1. The molecule has 0 amide bonds. The third-order valence-corrected chi connectivity index (χ3v) is 3.46. The number of rotatable bonds is 4. The highest BCUT2D eigenvalue weighted by Gasteiger charge is 2.13. The number of nitro benzene ring substituents is 1. The van der Waals surface area contributed by atoms with Gasteiger partial charge >= 0.3 is 0 Å². The summed E-state index contributed by atoms with van der Waals surface area (Å²) in [5.74, 6) is -0.231. The maximum atomic E-state index is 13.5. The lowest BCUT2D eigenvalue weighted by Crippen LogP contribution is -2.03. The van der Waals surface area contributed by atoms with E-state index in [1.165, 1.54) is 6.07 Å². The van der Waals surface area contributed by atoms with Crippen LogP contribution in [0.1, 0.15) is 22.3 Å². The van der Waals surface area contributed by atoms with Crippen molar-refractivity contribution in [1.82, 2.24) is 0 Å². The second-order valence-corrected chi connectivity index (χ2v) is 5.15. The van der Waals surface area contributed by atoms with Crippen molar-refractivity contribution in [3.8, 4) is 0 Å². The molecule has 0 atom stereocenters. The number of halogens is 1. The molecule has 5 heteroatoms. The van der Waals surface area contributed by atoms with E-state index in [-0.39, 0.29) is 16.4 Å². The molecule has 0 aliphatic carbocycles. The summed E-state index contributed by atoms with van der Waals surface area (Å²) in [6, 6.07) is 8.39. The molecule has 21 heavy (non-hydrogen) atoms. The van der Waals surface area contributed by atoms with Crippen molar-refractivity contribution in [2.45, 2.75) is 27.3 Å². The zero-order valence-corrected chi connectivity index (χ0v) is 12.2. The Balaban J connectivity index is 2.18. The first-order valence-electron chi connectivity index (χ1n) is 6.63. The van der Waals surface area contributed by atoms with Gasteiger partial charge in [-0.25, -0.2) is 4.39 Å². The molecule has 2 rings (SSSR count). The third-order valence-electron chi connectivity index (χ3n) is 3.46. The third kappa shape index (κ3) is 3.37. The first-order chi connectivity index (χ1) is 9.88. The summed E-state index contributed by atoms with van der Waals surface area (Å²) in [6.07, 6.45) is 0. The lowest BCUT2D eigenvalue weighted by molar-refractivity contribution is -0.385. The van der Waals surface area contributed by atoms with Gasteiger partial charge in [-0.2, -0.15) is 0 Å². The first-order valence-corrected chi connectivity index (χ1v) is 6.63. The molecule has 0 aromatic heterocycles. The van der Waals surface area contributed by atoms with Gasteiger partial charge in [-0.1, -0.05) is 12.1 Å². The Morgan fingerprint density at radius 2 is 1.81 bits per heavy atom. The van der Waals surface area contributed by atoms with Crippen molar-refractivity contribution in [2.24, 2.45) is 0 Å². The Morgan fingerprint density at radius 1 is 1.10 bits per heavy atom. The van der Waals surface area contributed by atoms with E-state index in [0.29, 0.717) is 17.7 Å². The van der Waals surface area contributed by atoms with Gasteiger partial charge in [0.05, 0.1) is 4.92 Å². The van der Waals surface area contributed by atoms with Crippen LogP contribution in [0.25, 0.3) is 0 Å². The molecule has 0 bridgehead atoms. The fourth-order valence-corrected chi connectivity index (χ4v) is 2.13. The number of hydrogen-bond donors (Lipinski definition) is 1. The number of aryl methyl sites for hydroxylation is 3. The van der Waals surface area contributed by atoms with Crippen LogP contribution < -0.4 is 5.32 Å². The smallest absolute Gasteiger partial charge is 0.272 e. The predicted octanol–water partition coefficient (Wildman–Crippen LogP) is 4.27. The predicted molar refractivity (Wildman–Crippen MR) is 81.0 cm³/mol. The summed E-state index contributed by atoms with van der Waals surface area (Å²) in [6.45, 7) is 5.70. The van der Waals surface area contributed by atoms with Gasteiger partial charge in [0.15, 0.2) is 0 Å². The lowest BCUT2D eigenvalue weighted by Gasteiger charge is -2.11. The highest BCUT2D eigenvalue weighted by molar-refractivity contribution is 5.59. The molecule has 1 N–H and O–H groups in total. The van der Waals surface area contributed by atoms with Crippen molar-refractivity contribution in [1.29, 1.82) is 0 Å². The van der Waals surface area contributed by atoms with Gasteiger partial charge in [-0.15, -0.1) is 0 Å². The van der Waals surface area contributed by atoms with Gasteiger partial charge in [-0.3, -0.25) is 10.1 Å². The van der Waals surface area contributed by atoms with Crippen LogP contribution >= 0.6 is 0 Å². The minimum atomic E-state index is -0.387. The van der Waals surface area contributed by atoms with Crippen LogP contribution in [0.15, 0.2) is 30.3 Å². The second-order valence-electron chi connectivity index (χ2n) is 5.15. The van der Waals surface area contributed by atoms with E-state index in [9.17, 15) is 14.5 Å². The number of hydrogen-bond acceptors (Lipinski definition) is 3. The van der Waals surface area contributed by atoms with Crippen molar-refractivity contribution >= 4 is 11.4 Å². The van der Waals surface area contributed by atoms with Crippen molar-refractivity contribution in [3.63, 3.8) is 0 Å². The average Bonchev–Trinajstić information content (AvgIpc) is 2.42. The number of nitro groups is 1. The molecule has 0 unspecified atom stereocenters. The summed E-state index contributed by atoms with van der Waals surface area (Å²) in [5, 5.41) is 14.1. The summed E-state index contributed by atoms with van der Waals surface area (Å²) < 4.78 is 13.5. The molecule has 0 saturated heterocycles. The van der Waals surface area contributed by atoms with E-state index in [1.54, 1.807) is 32.0 Å². The lowest BCUT2D eigenvalue weighted by atomic mass is 10.1. The molecular formula is C16H17FN2O2. The number of nitrogens with zero attached hydrogens (tertiary/aromatic N) is 1. The number of benzene rings is 2. The molecule has 0 aliphatic heterocycles. The summed E-state index contributed by atoms with van der Waals surface area (Å²) >= 11 is 0. The fourth-order valence-electron chi connectivity index (χ4n) is 2.13. The van der Waals surface area contributed by atoms with Gasteiger partial charge in [0.2, 0.25) is 0 Å². The van der Waals surface area contributed by atoms with Crippen LogP contribution in [0.4, 0.5) is 15.8 Å². The number of anilines is 1. The van der Waals surface area contributed by atoms with Crippen LogP contribution in [0.3, 0.4) is 0 Å². The van der Waals surface area contributed by atoms with Crippen molar-refractivity contribution < 1.29 is 9.31 Å². The molecule has 2 aromatic rings. The van der Waals surface area contributed by atoms with E-state index in [4.69, 9.17) is 0 Å². The highest BCUT2D eigenvalue weighted by Crippen LogP contribution is 2.26. The van der Waals surface area contributed by atoms with Crippen LogP contribution in [0, 0.1) is 36.7 Å². The Morgan fingerprint density at radius 3 is 2.43 bits per heavy atom. The molecule has 0 saturated carbocycles. The minimum absolute atomic E-state index is 0.111. The summed E-state index contributed by atoms with van der Waals surface area (Å²) in [7, 11) is 0. The van der Waals surface area contributed by atoms with Gasteiger partial charge in [0.25, 0.3) is 5.69 Å². The van der Waals surface area contributed by atoms with E-state index in [2.05, 4.69) is 5.32 Å². The molecule has 2 aromatic carbocycles. The van der Waals surface area contributed by atoms with Crippen LogP contribution in [-0.2, 0) is 6.54 Å². The second kappa shape index (κ2) is 5.91. The summed E-state index contributed by atoms with van der Waals surface area (Å²) in [4.78, 5) is 10.5. The molecule has 0 aliphatic rings. The van der Waals surface area contributed by atoms with Gasteiger partial charge in [-0.05, 0) is 49.6 Å². The molecule has 110 valence electrons. The van der Waals surface area contributed by atoms with Crippen molar-refractivity contribution in [2.75, 3.05) is 5.32 Å². The van der Waals surface area contributed by atoms with Crippen LogP contribution in [0.5, 0.6) is 0 Å². The Hall–Kier alpha value is -2.43. The molecule has 0 heterocycles. The van der Waals surface area contributed by atoms with Crippen molar-refractivity contribution in [3.05, 3.63) is 68.5 Å². The Kier molecular flexibility index (Phi) is 4.21. The SMILES string of the molecule is Cc1ccc(CNc2cc(C)c([N+](=O)[O-])cc2C)cc1F. The van der Waals surface area contributed by atoms with Gasteiger partial charge < -0.3 is 5.32 Å². The maximum absolute atomic E-state index is 13.5. The van der Waals surface area contributed by atoms with E-state index >= 15 is 0 Å².